The zero-order valence-corrected chi connectivity index (χ0v) is 22.9. The predicted octanol–water partition coefficient (Wildman–Crippen LogP) is 3.39. The average molecular weight is 578 g/mol. The maximum Gasteiger partial charge on any atom is 0.305 e. The molecule has 0 spiro atoms. The van der Waals surface area contributed by atoms with Crippen LogP contribution in [0.2, 0.25) is 0 Å². The molecular formula is C32H11N13. The molecule has 0 N–H and O–H groups in total. The largest absolute Gasteiger partial charge is 0.305 e. The first kappa shape index (κ1) is 27.5. The minimum atomic E-state index is -0.313. The van der Waals surface area contributed by atoms with E-state index >= 15 is 0 Å². The maximum absolute atomic E-state index is 10.2. The Labute approximate surface area is 253 Å². The van der Waals surface area contributed by atoms with E-state index in [1.807, 2.05) is 0 Å². The SMILES string of the molecule is [C-]#[N+]/C(C)=C1/N=c2ccc(-c3nc(-c4ccc(C#N)cc4)nc(-c4ccc5c(c4C#N)=N/C(=C(\C#N)[N+]#[C-])N=5)n3)c([N+]#[C-])c2=N1. The second-order valence-electron chi connectivity index (χ2n) is 9.27. The highest BCUT2D eigenvalue weighted by molar-refractivity contribution is 5.77. The standard InChI is InChI=1S/C32H11N13/c1-16(36-2)28-39-23-12-10-20(26(38-4)27(23)42-28)31-44-29(18-7-5-17(13-33)6-8-18)43-30(45-31)19-9-11-22-25(21(19)14-34)41-32(40-22)24(15-35)37-3/h5-12H,1H3/b28-16-,32-24+. The molecule has 0 saturated heterocycles. The summed E-state index contributed by atoms with van der Waals surface area (Å²) in [5.41, 5.74) is 1.73. The number of hydrogen-bond donors (Lipinski definition) is 0. The molecule has 0 unspecified atom stereocenters. The molecule has 0 aliphatic carbocycles. The third-order valence-corrected chi connectivity index (χ3v) is 6.71. The van der Waals surface area contributed by atoms with Crippen LogP contribution in [0.15, 0.2) is 91.5 Å². The average Bonchev–Trinajstić information content (AvgIpc) is 3.72. The van der Waals surface area contributed by atoms with Crippen LogP contribution >= 0.6 is 0 Å². The fraction of sp³-hybridized carbons (Fsp3) is 0.0312. The molecule has 0 bridgehead atoms. The topological polar surface area (TPSA) is 173 Å². The number of nitriles is 3. The summed E-state index contributed by atoms with van der Waals surface area (Å²) in [7, 11) is 0. The van der Waals surface area contributed by atoms with Gasteiger partial charge in [-0.2, -0.15) is 10.5 Å². The number of fused-ring (bicyclic) bond motifs is 2. The molecule has 0 amide bonds. The Morgan fingerprint density at radius 1 is 0.667 bits per heavy atom. The highest BCUT2D eigenvalue weighted by Crippen LogP contribution is 2.30. The van der Waals surface area contributed by atoms with E-state index in [1.54, 1.807) is 61.5 Å². The van der Waals surface area contributed by atoms with Gasteiger partial charge in [0, 0.05) is 16.7 Å². The summed E-state index contributed by atoms with van der Waals surface area (Å²) in [5.74, 6) is 0.511. The molecule has 4 aromatic rings. The van der Waals surface area contributed by atoms with Crippen molar-refractivity contribution in [2.24, 2.45) is 20.0 Å². The third kappa shape index (κ3) is 4.60. The van der Waals surface area contributed by atoms with E-state index in [1.165, 1.54) is 0 Å². The smallest absolute Gasteiger partial charge is 0.251 e. The number of nitrogens with zero attached hydrogens (tertiary/aromatic N) is 13. The molecule has 2 aliphatic rings. The van der Waals surface area contributed by atoms with Crippen molar-refractivity contribution < 1.29 is 0 Å². The molecule has 3 aromatic carbocycles. The number of rotatable bonds is 3. The van der Waals surface area contributed by atoms with E-state index in [2.05, 4.69) is 61.6 Å². The lowest BCUT2D eigenvalue weighted by Gasteiger charge is -2.10. The lowest BCUT2D eigenvalue weighted by Crippen LogP contribution is -2.26. The molecular weight excluding hydrogens is 566 g/mol. The van der Waals surface area contributed by atoms with E-state index in [0.29, 0.717) is 27.4 Å². The van der Waals surface area contributed by atoms with Gasteiger partial charge in [-0.25, -0.2) is 49.7 Å². The van der Waals surface area contributed by atoms with Crippen LogP contribution < -0.4 is 21.4 Å². The Morgan fingerprint density at radius 2 is 1.29 bits per heavy atom. The molecule has 13 heteroatoms. The molecule has 204 valence electrons. The normalized spacial score (nSPS) is 14.1. The Kier molecular flexibility index (Phi) is 6.67. The van der Waals surface area contributed by atoms with E-state index in [-0.39, 0.29) is 68.0 Å². The second-order valence-corrected chi connectivity index (χ2v) is 9.27. The van der Waals surface area contributed by atoms with Gasteiger partial charge in [0.2, 0.25) is 11.4 Å². The summed E-state index contributed by atoms with van der Waals surface area (Å²) in [6, 6.07) is 19.0. The maximum atomic E-state index is 10.2. The van der Waals surface area contributed by atoms with Gasteiger partial charge in [-0.1, -0.05) is 6.07 Å². The van der Waals surface area contributed by atoms with E-state index < -0.39 is 0 Å². The summed E-state index contributed by atoms with van der Waals surface area (Å²) < 4.78 is 0. The second kappa shape index (κ2) is 10.9. The number of aromatic nitrogens is 3. The van der Waals surface area contributed by atoms with Gasteiger partial charge < -0.3 is 0 Å². The summed E-state index contributed by atoms with van der Waals surface area (Å²) in [6.07, 6.45) is 0. The molecule has 13 nitrogen and oxygen atoms in total. The fourth-order valence-corrected chi connectivity index (χ4v) is 4.52. The molecule has 2 aliphatic heterocycles. The van der Waals surface area contributed by atoms with Gasteiger partial charge in [0.1, 0.15) is 11.4 Å². The van der Waals surface area contributed by atoms with Gasteiger partial charge in [0.25, 0.3) is 0 Å². The van der Waals surface area contributed by atoms with Gasteiger partial charge in [-0.15, -0.1) is 0 Å². The van der Waals surface area contributed by atoms with Crippen LogP contribution in [0.5, 0.6) is 0 Å². The first-order valence-corrected chi connectivity index (χ1v) is 12.8. The molecule has 0 saturated carbocycles. The van der Waals surface area contributed by atoms with E-state index in [4.69, 9.17) is 19.7 Å². The summed E-state index contributed by atoms with van der Waals surface area (Å²) in [4.78, 5) is 41.6. The van der Waals surface area contributed by atoms with Crippen molar-refractivity contribution >= 4 is 5.69 Å². The third-order valence-electron chi connectivity index (χ3n) is 6.71. The van der Waals surface area contributed by atoms with Crippen LogP contribution in [0, 0.1) is 53.7 Å². The Balaban J connectivity index is 1.64. The number of hydrogen-bond acceptors (Lipinski definition) is 10. The number of benzene rings is 3. The molecule has 6 rings (SSSR count). The minimum absolute atomic E-state index is 0.0639. The van der Waals surface area contributed by atoms with E-state index in [9.17, 15) is 15.8 Å². The lowest BCUT2D eigenvalue weighted by atomic mass is 10.1. The molecule has 3 heterocycles. The van der Waals surface area contributed by atoms with Crippen molar-refractivity contribution in [3.63, 3.8) is 0 Å². The van der Waals surface area contributed by atoms with Crippen LogP contribution in [-0.2, 0) is 0 Å². The van der Waals surface area contributed by atoms with Crippen molar-refractivity contribution in [3.8, 4) is 52.4 Å². The highest BCUT2D eigenvalue weighted by atomic mass is 15.1. The fourth-order valence-electron chi connectivity index (χ4n) is 4.52. The van der Waals surface area contributed by atoms with Gasteiger partial charge in [-0.05, 0) is 49.4 Å². The quantitative estimate of drug-likeness (QED) is 0.267. The Hall–Kier alpha value is -7.71. The highest BCUT2D eigenvalue weighted by Gasteiger charge is 2.22. The minimum Gasteiger partial charge on any atom is -0.251 e. The zero-order chi connectivity index (χ0) is 31.7. The molecule has 1 aromatic heterocycles. The van der Waals surface area contributed by atoms with Crippen molar-refractivity contribution in [2.45, 2.75) is 6.92 Å². The number of allylic oxidation sites excluding steroid dienone is 2. The molecule has 0 atom stereocenters. The van der Waals surface area contributed by atoms with Crippen LogP contribution in [0.3, 0.4) is 0 Å². The molecule has 0 fully saturated rings. The van der Waals surface area contributed by atoms with Crippen LogP contribution in [-0.4, -0.2) is 15.0 Å². The van der Waals surface area contributed by atoms with Crippen LogP contribution in [0.1, 0.15) is 18.1 Å². The summed E-state index contributed by atoms with van der Waals surface area (Å²) in [5, 5.41) is 29.9. The van der Waals surface area contributed by atoms with Gasteiger partial charge in [0.05, 0.1) is 59.1 Å². The first-order chi connectivity index (χ1) is 21.9. The van der Waals surface area contributed by atoms with Crippen molar-refractivity contribution in [1.82, 2.24) is 15.0 Å². The van der Waals surface area contributed by atoms with Gasteiger partial charge in [0.15, 0.2) is 29.1 Å². The zero-order valence-electron chi connectivity index (χ0n) is 22.9. The molecule has 0 radical (unpaired) electrons. The van der Waals surface area contributed by atoms with Crippen LogP contribution in [0.4, 0.5) is 5.69 Å². The summed E-state index contributed by atoms with van der Waals surface area (Å²) >= 11 is 0. The lowest BCUT2D eigenvalue weighted by molar-refractivity contribution is 1.07. The monoisotopic (exact) mass is 577 g/mol. The van der Waals surface area contributed by atoms with Crippen LogP contribution in [0.25, 0.3) is 48.7 Å². The van der Waals surface area contributed by atoms with Gasteiger partial charge >= 0.3 is 5.70 Å². The Bertz CT molecular complexity index is 2590. The Morgan fingerprint density at radius 3 is 1.91 bits per heavy atom. The summed E-state index contributed by atoms with van der Waals surface area (Å²) in [6.45, 7) is 24.1. The van der Waals surface area contributed by atoms with E-state index in [0.717, 1.165) is 0 Å². The van der Waals surface area contributed by atoms with Gasteiger partial charge in [-0.3, -0.25) is 4.99 Å². The van der Waals surface area contributed by atoms with Crippen molar-refractivity contribution in [1.29, 1.82) is 15.8 Å². The first-order valence-electron chi connectivity index (χ1n) is 12.8. The molecule has 45 heavy (non-hydrogen) atoms. The van der Waals surface area contributed by atoms with Crippen molar-refractivity contribution in [3.05, 3.63) is 138 Å². The van der Waals surface area contributed by atoms with Crippen molar-refractivity contribution in [2.75, 3.05) is 0 Å². The predicted molar refractivity (Wildman–Crippen MR) is 155 cm³/mol.